The number of fused-ring (bicyclic) bond motifs is 2. The van der Waals surface area contributed by atoms with Gasteiger partial charge in [0.15, 0.2) is 0 Å². The number of aliphatic carboxylic acids is 1. The standard InChI is InChI=1S/C27H21F3N4O6S2/c28-27(29,30)40-17-5-2-15(3-6-17)31-25(39)34(16-4-8-20-21(12-16)42-26(41)32-20)13-14-1-7-18-19(11-14)24(38)33(23(18)37)10-9-22(35)36/h1-8,11-12,26,32,41H,9-10,13H2,(H,31,39)(H,35,36). The number of carbonyl (C=O) groups excluding carboxylic acids is 3. The summed E-state index contributed by atoms with van der Waals surface area (Å²) in [5.74, 6) is -2.82. The van der Waals surface area contributed by atoms with Gasteiger partial charge in [0.1, 0.15) is 10.5 Å². The van der Waals surface area contributed by atoms with Gasteiger partial charge in [-0.25, -0.2) is 4.79 Å². The molecule has 5 rings (SSSR count). The van der Waals surface area contributed by atoms with Crippen LogP contribution in [0.5, 0.6) is 5.75 Å². The Bertz CT molecular complexity index is 1590. The number of benzene rings is 3. The van der Waals surface area contributed by atoms with E-state index >= 15 is 0 Å². The van der Waals surface area contributed by atoms with Gasteiger partial charge in [-0.15, -0.1) is 25.8 Å². The number of nitrogens with zero attached hydrogens (tertiary/aromatic N) is 2. The third-order valence-corrected chi connectivity index (χ3v) is 7.68. The molecule has 0 fully saturated rings. The third kappa shape index (κ3) is 6.41. The lowest BCUT2D eigenvalue weighted by molar-refractivity contribution is -0.274. The molecule has 3 aromatic carbocycles. The Labute approximate surface area is 246 Å². The van der Waals surface area contributed by atoms with Crippen molar-refractivity contribution in [1.82, 2.24) is 4.90 Å². The molecule has 42 heavy (non-hydrogen) atoms. The van der Waals surface area contributed by atoms with E-state index in [4.69, 9.17) is 5.11 Å². The van der Waals surface area contributed by atoms with Gasteiger partial charge in [-0.05, 0) is 60.2 Å². The van der Waals surface area contributed by atoms with Crippen LogP contribution in [0.15, 0.2) is 65.6 Å². The number of thiol groups is 1. The second kappa shape index (κ2) is 11.5. The van der Waals surface area contributed by atoms with E-state index < -0.39 is 42.3 Å². The summed E-state index contributed by atoms with van der Waals surface area (Å²) < 4.78 is 41.2. The van der Waals surface area contributed by atoms with Crippen molar-refractivity contribution >= 4 is 65.3 Å². The number of halogens is 3. The molecule has 0 radical (unpaired) electrons. The number of nitrogens with one attached hydrogen (secondary N) is 2. The summed E-state index contributed by atoms with van der Waals surface area (Å²) >= 11 is 5.85. The average molecular weight is 619 g/mol. The Morgan fingerprint density at radius 3 is 2.45 bits per heavy atom. The van der Waals surface area contributed by atoms with Crippen molar-refractivity contribution < 1.29 is 42.2 Å². The van der Waals surface area contributed by atoms with Crippen LogP contribution in [-0.4, -0.2) is 51.4 Å². The molecule has 0 saturated carbocycles. The Morgan fingerprint density at radius 2 is 1.76 bits per heavy atom. The van der Waals surface area contributed by atoms with Crippen LogP contribution < -0.4 is 20.3 Å². The average Bonchev–Trinajstić information content (AvgIpc) is 3.41. The Hall–Kier alpha value is -4.37. The summed E-state index contributed by atoms with van der Waals surface area (Å²) in [4.78, 5) is 53.1. The lowest BCUT2D eigenvalue weighted by Crippen LogP contribution is -2.34. The second-order valence-electron chi connectivity index (χ2n) is 9.17. The fourth-order valence-corrected chi connectivity index (χ4v) is 5.77. The van der Waals surface area contributed by atoms with Crippen molar-refractivity contribution in [1.29, 1.82) is 0 Å². The lowest BCUT2D eigenvalue weighted by atomic mass is 10.1. The first-order valence-corrected chi connectivity index (χ1v) is 13.7. The van der Waals surface area contributed by atoms with Crippen LogP contribution in [-0.2, 0) is 11.3 Å². The monoisotopic (exact) mass is 618 g/mol. The zero-order valence-electron chi connectivity index (χ0n) is 21.3. The van der Waals surface area contributed by atoms with Crippen LogP contribution in [0.3, 0.4) is 0 Å². The highest BCUT2D eigenvalue weighted by Gasteiger charge is 2.36. The molecule has 0 aromatic heterocycles. The van der Waals surface area contributed by atoms with E-state index in [0.717, 1.165) is 27.6 Å². The maximum atomic E-state index is 13.5. The Kier molecular flexibility index (Phi) is 7.97. The second-order valence-corrected chi connectivity index (χ2v) is 11.2. The molecule has 0 aliphatic carbocycles. The van der Waals surface area contributed by atoms with Crippen molar-refractivity contribution in [3.05, 3.63) is 77.4 Å². The number of rotatable bonds is 8. The highest BCUT2D eigenvalue weighted by molar-refractivity contribution is 8.10. The highest BCUT2D eigenvalue weighted by Crippen LogP contribution is 2.42. The first-order valence-electron chi connectivity index (χ1n) is 12.3. The molecule has 10 nitrogen and oxygen atoms in total. The minimum absolute atomic E-state index is 0.0494. The van der Waals surface area contributed by atoms with E-state index in [1.54, 1.807) is 24.3 Å². The summed E-state index contributed by atoms with van der Waals surface area (Å²) in [6.07, 6.45) is -5.25. The molecule has 3 aromatic rings. The molecule has 2 aliphatic heterocycles. The quantitative estimate of drug-likeness (QED) is 0.189. The van der Waals surface area contributed by atoms with Crippen LogP contribution >= 0.6 is 24.4 Å². The van der Waals surface area contributed by atoms with Gasteiger partial charge < -0.3 is 20.5 Å². The van der Waals surface area contributed by atoms with Crippen LogP contribution in [0.1, 0.15) is 32.7 Å². The summed E-state index contributed by atoms with van der Waals surface area (Å²) in [6.45, 7) is -0.322. The molecule has 218 valence electrons. The van der Waals surface area contributed by atoms with Crippen LogP contribution in [0, 0.1) is 0 Å². The SMILES string of the molecule is O=C(O)CCN1C(=O)c2ccc(CN(C(=O)Nc3ccc(OC(F)(F)F)cc3)c3ccc4c(c3)SC(S)N4)cc2C1=O. The van der Waals surface area contributed by atoms with Gasteiger partial charge in [0.2, 0.25) is 0 Å². The first kappa shape index (κ1) is 29.1. The minimum Gasteiger partial charge on any atom is -0.481 e. The maximum absolute atomic E-state index is 13.5. The predicted molar refractivity (Wildman–Crippen MR) is 151 cm³/mol. The number of carbonyl (C=O) groups is 4. The van der Waals surface area contributed by atoms with Crippen LogP contribution in [0.4, 0.5) is 35.0 Å². The number of hydrogen-bond acceptors (Lipinski definition) is 8. The molecule has 2 heterocycles. The van der Waals surface area contributed by atoms with Gasteiger partial charge >= 0.3 is 18.4 Å². The van der Waals surface area contributed by atoms with Crippen LogP contribution in [0.25, 0.3) is 0 Å². The van der Waals surface area contributed by atoms with E-state index in [0.29, 0.717) is 11.3 Å². The molecule has 0 saturated heterocycles. The van der Waals surface area contributed by atoms with Gasteiger partial charge in [0.05, 0.1) is 24.1 Å². The summed E-state index contributed by atoms with van der Waals surface area (Å²) in [5, 5.41) is 14.8. The number of thioether (sulfide) groups is 1. The van der Waals surface area contributed by atoms with Crippen molar-refractivity contribution in [2.24, 2.45) is 0 Å². The zero-order valence-corrected chi connectivity index (χ0v) is 23.1. The van der Waals surface area contributed by atoms with E-state index in [2.05, 4.69) is 28.0 Å². The Balaban J connectivity index is 1.41. The Morgan fingerprint density at radius 1 is 1.05 bits per heavy atom. The van der Waals surface area contributed by atoms with Gasteiger partial charge in [-0.3, -0.25) is 24.2 Å². The van der Waals surface area contributed by atoms with E-state index in [1.807, 2.05) is 0 Å². The number of amides is 4. The van der Waals surface area contributed by atoms with Gasteiger partial charge in [0, 0.05) is 28.5 Å². The van der Waals surface area contributed by atoms with Crippen molar-refractivity contribution in [2.45, 2.75) is 28.9 Å². The molecule has 1 unspecified atom stereocenters. The maximum Gasteiger partial charge on any atom is 0.573 e. The number of hydrogen-bond donors (Lipinski definition) is 4. The zero-order chi connectivity index (χ0) is 30.2. The lowest BCUT2D eigenvalue weighted by Gasteiger charge is -2.24. The van der Waals surface area contributed by atoms with Gasteiger partial charge in [-0.2, -0.15) is 0 Å². The van der Waals surface area contributed by atoms with Gasteiger partial charge in [0.25, 0.3) is 11.8 Å². The number of urea groups is 1. The number of carboxylic acids is 1. The molecule has 0 spiro atoms. The largest absolute Gasteiger partial charge is 0.573 e. The molecule has 15 heteroatoms. The number of imide groups is 1. The van der Waals surface area contributed by atoms with E-state index in [1.165, 1.54) is 40.9 Å². The summed E-state index contributed by atoms with van der Waals surface area (Å²) in [7, 11) is 0. The third-order valence-electron chi connectivity index (χ3n) is 6.30. The smallest absolute Gasteiger partial charge is 0.481 e. The fraction of sp³-hybridized carbons (Fsp3) is 0.185. The fourth-order valence-electron chi connectivity index (χ4n) is 4.42. The number of anilines is 3. The van der Waals surface area contributed by atoms with Crippen LogP contribution in [0.2, 0.25) is 0 Å². The number of ether oxygens (including phenoxy) is 1. The van der Waals surface area contributed by atoms with Crippen molar-refractivity contribution in [3.8, 4) is 5.75 Å². The van der Waals surface area contributed by atoms with E-state index in [9.17, 15) is 32.3 Å². The molecular formula is C27H21F3N4O6S2. The van der Waals surface area contributed by atoms with E-state index in [-0.39, 0.29) is 34.6 Å². The normalized spacial score (nSPS) is 15.6. The summed E-state index contributed by atoms with van der Waals surface area (Å²) in [5.41, 5.74) is 2.23. The molecule has 3 N–H and O–H groups in total. The molecule has 2 aliphatic rings. The molecule has 4 amide bonds. The van der Waals surface area contributed by atoms with Gasteiger partial charge in [-0.1, -0.05) is 17.8 Å². The number of alkyl halides is 3. The van der Waals surface area contributed by atoms with Crippen molar-refractivity contribution in [3.63, 3.8) is 0 Å². The number of carboxylic acid groups (broad SMARTS) is 1. The topological polar surface area (TPSA) is 128 Å². The molecule has 0 bridgehead atoms. The highest BCUT2D eigenvalue weighted by atomic mass is 32.2. The predicted octanol–water partition coefficient (Wildman–Crippen LogP) is 5.63. The van der Waals surface area contributed by atoms with Crippen molar-refractivity contribution in [2.75, 3.05) is 22.1 Å². The summed E-state index contributed by atoms with van der Waals surface area (Å²) in [6, 6.07) is 13.8. The minimum atomic E-state index is -4.86. The first-order chi connectivity index (χ1) is 19.9. The molecular weight excluding hydrogens is 597 g/mol. The molecule has 1 atom stereocenters.